The Morgan fingerprint density at radius 2 is 2.25 bits per heavy atom. The smallest absolute Gasteiger partial charge is 0.409 e. The van der Waals surface area contributed by atoms with E-state index in [-0.39, 0.29) is 6.23 Å². The van der Waals surface area contributed by atoms with E-state index in [0.29, 0.717) is 6.61 Å². The number of ether oxygens (including phenoxy) is 2. The molecule has 0 heterocycles. The molecule has 12 heavy (non-hydrogen) atoms. The van der Waals surface area contributed by atoms with Crippen LogP contribution in [0.5, 0.6) is 0 Å². The molecule has 0 fully saturated rings. The van der Waals surface area contributed by atoms with Crippen molar-refractivity contribution in [2.75, 3.05) is 13.7 Å². The van der Waals surface area contributed by atoms with Gasteiger partial charge in [0.25, 0.3) is 0 Å². The van der Waals surface area contributed by atoms with Crippen molar-refractivity contribution < 1.29 is 14.3 Å². The SMILES string of the molecule is CCCCOC(=O)NC(C)OC. The zero-order valence-corrected chi connectivity index (χ0v) is 7.92. The molecule has 1 unspecified atom stereocenters. The van der Waals surface area contributed by atoms with Crippen LogP contribution < -0.4 is 5.32 Å². The van der Waals surface area contributed by atoms with Crippen LogP contribution in [0.2, 0.25) is 0 Å². The second-order valence-electron chi connectivity index (χ2n) is 2.51. The Labute approximate surface area is 73.2 Å². The van der Waals surface area contributed by atoms with E-state index in [9.17, 15) is 4.79 Å². The van der Waals surface area contributed by atoms with Crippen molar-refractivity contribution in [3.8, 4) is 0 Å². The van der Waals surface area contributed by atoms with Gasteiger partial charge in [0.2, 0.25) is 0 Å². The highest BCUT2D eigenvalue weighted by molar-refractivity contribution is 5.67. The Hall–Kier alpha value is -0.770. The lowest BCUT2D eigenvalue weighted by Crippen LogP contribution is -2.34. The Morgan fingerprint density at radius 3 is 2.75 bits per heavy atom. The van der Waals surface area contributed by atoms with Gasteiger partial charge in [0, 0.05) is 7.11 Å². The minimum atomic E-state index is -0.419. The second-order valence-corrected chi connectivity index (χ2v) is 2.51. The topological polar surface area (TPSA) is 47.6 Å². The van der Waals surface area contributed by atoms with Crippen LogP contribution in [0.4, 0.5) is 4.79 Å². The molecule has 0 aromatic heterocycles. The van der Waals surface area contributed by atoms with Gasteiger partial charge in [-0.25, -0.2) is 4.79 Å². The molecule has 4 nitrogen and oxygen atoms in total. The largest absolute Gasteiger partial charge is 0.450 e. The van der Waals surface area contributed by atoms with E-state index in [0.717, 1.165) is 12.8 Å². The Bertz CT molecular complexity index is 127. The summed E-state index contributed by atoms with van der Waals surface area (Å²) in [4.78, 5) is 10.9. The van der Waals surface area contributed by atoms with Crippen LogP contribution >= 0.6 is 0 Å². The van der Waals surface area contributed by atoms with Gasteiger partial charge in [-0.15, -0.1) is 0 Å². The molecule has 0 aliphatic rings. The van der Waals surface area contributed by atoms with Crippen LogP contribution in [0.1, 0.15) is 26.7 Å². The predicted molar refractivity (Wildman–Crippen MR) is 45.9 cm³/mol. The molecule has 0 rings (SSSR count). The molecule has 1 amide bonds. The molecule has 0 spiro atoms. The first-order chi connectivity index (χ1) is 5.70. The number of carbonyl (C=O) groups excluding carboxylic acids is 1. The van der Waals surface area contributed by atoms with E-state index in [1.165, 1.54) is 7.11 Å². The highest BCUT2D eigenvalue weighted by atomic mass is 16.6. The van der Waals surface area contributed by atoms with Crippen molar-refractivity contribution in [1.29, 1.82) is 0 Å². The third-order valence-corrected chi connectivity index (χ3v) is 1.41. The van der Waals surface area contributed by atoms with Crippen LogP contribution in [0.3, 0.4) is 0 Å². The first-order valence-electron chi connectivity index (χ1n) is 4.16. The van der Waals surface area contributed by atoms with Crippen molar-refractivity contribution in [3.05, 3.63) is 0 Å². The van der Waals surface area contributed by atoms with Crippen LogP contribution in [-0.4, -0.2) is 26.0 Å². The molecule has 1 atom stereocenters. The maximum absolute atomic E-state index is 10.9. The summed E-state index contributed by atoms with van der Waals surface area (Å²) in [5.74, 6) is 0. The summed E-state index contributed by atoms with van der Waals surface area (Å²) >= 11 is 0. The maximum Gasteiger partial charge on any atom is 0.409 e. The molecule has 0 aromatic rings. The number of unbranched alkanes of at least 4 members (excludes halogenated alkanes) is 1. The quantitative estimate of drug-likeness (QED) is 0.509. The Kier molecular flexibility index (Phi) is 6.47. The van der Waals surface area contributed by atoms with Crippen molar-refractivity contribution in [1.82, 2.24) is 5.32 Å². The first-order valence-corrected chi connectivity index (χ1v) is 4.16. The second kappa shape index (κ2) is 6.91. The first kappa shape index (κ1) is 11.2. The lowest BCUT2D eigenvalue weighted by atomic mass is 10.4. The van der Waals surface area contributed by atoms with E-state index < -0.39 is 6.09 Å². The summed E-state index contributed by atoms with van der Waals surface area (Å²) in [6.45, 7) is 4.25. The van der Waals surface area contributed by atoms with E-state index >= 15 is 0 Å². The summed E-state index contributed by atoms with van der Waals surface area (Å²) < 4.78 is 9.64. The maximum atomic E-state index is 10.9. The van der Waals surface area contributed by atoms with Crippen molar-refractivity contribution in [3.63, 3.8) is 0 Å². The lowest BCUT2D eigenvalue weighted by molar-refractivity contribution is 0.0728. The standard InChI is InChI=1S/C8H17NO3/c1-4-5-6-12-8(10)9-7(2)11-3/h7H,4-6H2,1-3H3,(H,9,10). The molecule has 0 aliphatic heterocycles. The van der Waals surface area contributed by atoms with E-state index in [1.54, 1.807) is 6.92 Å². The summed E-state index contributed by atoms with van der Waals surface area (Å²) in [5.41, 5.74) is 0. The van der Waals surface area contributed by atoms with E-state index in [4.69, 9.17) is 9.47 Å². The molecule has 0 saturated carbocycles. The fourth-order valence-electron chi connectivity index (χ4n) is 0.576. The number of hydrogen-bond donors (Lipinski definition) is 1. The van der Waals surface area contributed by atoms with Gasteiger partial charge < -0.3 is 9.47 Å². The number of carbonyl (C=O) groups is 1. The normalized spacial score (nSPS) is 12.2. The molecule has 4 heteroatoms. The summed E-state index contributed by atoms with van der Waals surface area (Å²) in [6, 6.07) is 0. The van der Waals surface area contributed by atoms with Crippen molar-refractivity contribution in [2.45, 2.75) is 32.9 Å². The Morgan fingerprint density at radius 1 is 1.58 bits per heavy atom. The zero-order valence-electron chi connectivity index (χ0n) is 7.92. The van der Waals surface area contributed by atoms with Crippen LogP contribution in [0.25, 0.3) is 0 Å². The molecule has 0 radical (unpaired) electrons. The average Bonchev–Trinajstić information content (AvgIpc) is 2.05. The summed E-state index contributed by atoms with van der Waals surface area (Å²) in [6.07, 6.45) is 1.21. The molecular formula is C8H17NO3. The number of alkyl carbamates (subject to hydrolysis) is 1. The van der Waals surface area contributed by atoms with Gasteiger partial charge >= 0.3 is 6.09 Å². The monoisotopic (exact) mass is 175 g/mol. The molecule has 0 saturated heterocycles. The third kappa shape index (κ3) is 5.97. The van der Waals surface area contributed by atoms with E-state index in [2.05, 4.69) is 5.32 Å². The lowest BCUT2D eigenvalue weighted by Gasteiger charge is -2.11. The predicted octanol–water partition coefficient (Wildman–Crippen LogP) is 1.51. The number of rotatable bonds is 5. The van der Waals surface area contributed by atoms with Gasteiger partial charge in [0.1, 0.15) is 6.23 Å². The van der Waals surface area contributed by atoms with Gasteiger partial charge in [-0.2, -0.15) is 0 Å². The third-order valence-electron chi connectivity index (χ3n) is 1.41. The highest BCUT2D eigenvalue weighted by Gasteiger charge is 2.05. The zero-order chi connectivity index (χ0) is 9.40. The Balaban J connectivity index is 3.33. The fourth-order valence-corrected chi connectivity index (χ4v) is 0.576. The van der Waals surface area contributed by atoms with Crippen LogP contribution in [0, 0.1) is 0 Å². The summed E-state index contributed by atoms with van der Waals surface area (Å²) in [7, 11) is 1.52. The molecule has 0 aliphatic carbocycles. The minimum Gasteiger partial charge on any atom is -0.450 e. The number of nitrogens with one attached hydrogen (secondary N) is 1. The van der Waals surface area contributed by atoms with Gasteiger partial charge in [-0.3, -0.25) is 5.32 Å². The average molecular weight is 175 g/mol. The van der Waals surface area contributed by atoms with Gasteiger partial charge in [-0.1, -0.05) is 13.3 Å². The van der Waals surface area contributed by atoms with Crippen molar-refractivity contribution in [2.24, 2.45) is 0 Å². The molecule has 0 aromatic carbocycles. The van der Waals surface area contributed by atoms with Gasteiger partial charge in [-0.05, 0) is 13.3 Å². The van der Waals surface area contributed by atoms with E-state index in [1.807, 2.05) is 6.92 Å². The number of amides is 1. The number of hydrogen-bond acceptors (Lipinski definition) is 3. The molecule has 72 valence electrons. The molecule has 1 N–H and O–H groups in total. The van der Waals surface area contributed by atoms with Crippen LogP contribution in [-0.2, 0) is 9.47 Å². The van der Waals surface area contributed by atoms with Gasteiger partial charge in [0.15, 0.2) is 0 Å². The van der Waals surface area contributed by atoms with Gasteiger partial charge in [0.05, 0.1) is 6.61 Å². The van der Waals surface area contributed by atoms with Crippen LogP contribution in [0.15, 0.2) is 0 Å². The number of methoxy groups -OCH3 is 1. The highest BCUT2D eigenvalue weighted by Crippen LogP contribution is 1.89. The molecular weight excluding hydrogens is 158 g/mol. The fraction of sp³-hybridized carbons (Fsp3) is 0.875. The molecule has 0 bridgehead atoms. The van der Waals surface area contributed by atoms with Crippen molar-refractivity contribution >= 4 is 6.09 Å². The summed E-state index contributed by atoms with van der Waals surface area (Å²) in [5, 5.41) is 2.51. The minimum absolute atomic E-state index is 0.292.